The van der Waals surface area contributed by atoms with Crippen LogP contribution in [0.15, 0.2) is 34.5 Å². The Kier molecular flexibility index (Phi) is 4.61. The van der Waals surface area contributed by atoms with Crippen molar-refractivity contribution in [1.29, 1.82) is 0 Å². The number of benzene rings is 1. The minimum Gasteiger partial charge on any atom is -0.488 e. The first kappa shape index (κ1) is 16.8. The van der Waals surface area contributed by atoms with Crippen molar-refractivity contribution in [1.82, 2.24) is 0 Å². The number of anilines is 1. The number of furan rings is 1. The summed E-state index contributed by atoms with van der Waals surface area (Å²) in [5.41, 5.74) is 8.36. The first-order chi connectivity index (χ1) is 12.0. The van der Waals surface area contributed by atoms with Gasteiger partial charge in [0.2, 0.25) is 0 Å². The lowest BCUT2D eigenvalue weighted by molar-refractivity contribution is -0.132. The maximum atomic E-state index is 12.1. The molecule has 0 bridgehead atoms. The lowest BCUT2D eigenvalue weighted by Gasteiger charge is -2.13. The molecule has 3 N–H and O–H groups in total. The quantitative estimate of drug-likeness (QED) is 0.638. The van der Waals surface area contributed by atoms with Gasteiger partial charge in [0.15, 0.2) is 5.78 Å². The largest absolute Gasteiger partial charge is 0.488 e. The lowest BCUT2D eigenvalue weighted by atomic mass is 9.94. The second kappa shape index (κ2) is 6.84. The van der Waals surface area contributed by atoms with Crippen molar-refractivity contribution in [2.45, 2.75) is 32.8 Å². The highest BCUT2D eigenvalue weighted by Gasteiger charge is 2.24. The number of rotatable bonds is 5. The van der Waals surface area contributed by atoms with E-state index in [0.717, 1.165) is 12.8 Å². The molecule has 0 unspecified atom stereocenters. The van der Waals surface area contributed by atoms with Crippen LogP contribution in [-0.2, 0) is 17.8 Å². The van der Waals surface area contributed by atoms with E-state index in [0.29, 0.717) is 40.3 Å². The number of hydrogen-bond donors (Lipinski definition) is 2. The molecule has 0 atom stereocenters. The van der Waals surface area contributed by atoms with Crippen LogP contribution in [-0.4, -0.2) is 16.9 Å². The van der Waals surface area contributed by atoms with E-state index < -0.39 is 5.97 Å². The molecule has 1 aliphatic rings. The number of ketones is 1. The van der Waals surface area contributed by atoms with Gasteiger partial charge in [0, 0.05) is 35.2 Å². The molecule has 2 aromatic rings. The second-order valence-electron chi connectivity index (χ2n) is 6.02. The normalized spacial score (nSPS) is 14.3. The van der Waals surface area contributed by atoms with Gasteiger partial charge < -0.3 is 20.0 Å². The molecular weight excluding hydrogens is 322 g/mol. The molecule has 1 heterocycles. The Labute approximate surface area is 144 Å². The molecule has 6 nitrogen and oxygen atoms in total. The van der Waals surface area contributed by atoms with Crippen LogP contribution in [0.2, 0.25) is 0 Å². The van der Waals surface area contributed by atoms with Crippen LogP contribution in [0.5, 0.6) is 5.75 Å². The molecule has 6 heteroatoms. The van der Waals surface area contributed by atoms with Crippen molar-refractivity contribution in [3.8, 4) is 5.75 Å². The average Bonchev–Trinajstić information content (AvgIpc) is 2.99. The zero-order valence-corrected chi connectivity index (χ0v) is 13.9. The molecule has 0 saturated heterocycles. The molecule has 0 radical (unpaired) electrons. The number of aliphatic carboxylic acids is 1. The molecule has 0 spiro atoms. The minimum atomic E-state index is -1.02. The van der Waals surface area contributed by atoms with E-state index in [9.17, 15) is 9.59 Å². The minimum absolute atomic E-state index is 0.0722. The van der Waals surface area contributed by atoms with E-state index in [1.54, 1.807) is 24.5 Å². The van der Waals surface area contributed by atoms with Crippen molar-refractivity contribution in [2.75, 3.05) is 5.73 Å². The first-order valence-electron chi connectivity index (χ1n) is 8.02. The summed E-state index contributed by atoms with van der Waals surface area (Å²) in [6, 6.07) is 5.12. The van der Waals surface area contributed by atoms with Gasteiger partial charge in [-0.2, -0.15) is 0 Å². The van der Waals surface area contributed by atoms with E-state index in [1.165, 1.54) is 13.0 Å². The van der Waals surface area contributed by atoms with Crippen LogP contribution in [0.3, 0.4) is 0 Å². The predicted octanol–water partition coefficient (Wildman–Crippen LogP) is 3.45. The van der Waals surface area contributed by atoms with Crippen LogP contribution >= 0.6 is 0 Å². The summed E-state index contributed by atoms with van der Waals surface area (Å²) >= 11 is 0. The third-order valence-electron chi connectivity index (χ3n) is 4.21. The molecule has 0 aliphatic heterocycles. The number of aryl methyl sites for hydroxylation is 1. The highest BCUT2D eigenvalue weighted by Crippen LogP contribution is 2.30. The van der Waals surface area contributed by atoms with Gasteiger partial charge in [-0.1, -0.05) is 6.07 Å². The zero-order valence-electron chi connectivity index (χ0n) is 13.9. The summed E-state index contributed by atoms with van der Waals surface area (Å²) in [6.45, 7) is 1.64. The second-order valence-corrected chi connectivity index (χ2v) is 6.02. The number of carboxylic acids is 1. The Morgan fingerprint density at radius 3 is 2.96 bits per heavy atom. The van der Waals surface area contributed by atoms with E-state index in [4.69, 9.17) is 20.0 Å². The predicted molar refractivity (Wildman–Crippen MR) is 92.4 cm³/mol. The average molecular weight is 341 g/mol. The molecule has 0 fully saturated rings. The number of hydrogen-bond acceptors (Lipinski definition) is 5. The van der Waals surface area contributed by atoms with Crippen LogP contribution < -0.4 is 10.5 Å². The monoisotopic (exact) mass is 341 g/mol. The number of carbonyl (C=O) groups excluding carboxylic acids is 1. The molecule has 1 aliphatic carbocycles. The zero-order chi connectivity index (χ0) is 18.0. The van der Waals surface area contributed by atoms with Crippen molar-refractivity contribution in [3.63, 3.8) is 0 Å². The molecule has 1 aromatic carbocycles. The molecular formula is C19H19NO5. The summed E-state index contributed by atoms with van der Waals surface area (Å²) in [6.07, 6.45) is 5.11. The van der Waals surface area contributed by atoms with Crippen molar-refractivity contribution in [3.05, 3.63) is 52.5 Å². The summed E-state index contributed by atoms with van der Waals surface area (Å²) in [4.78, 5) is 23.2. The van der Waals surface area contributed by atoms with Gasteiger partial charge in [0.1, 0.15) is 18.1 Å². The Bertz CT molecular complexity index is 863. The number of Topliss-reactive ketones (excluding diaryl/α,β-unsaturated/α-hetero) is 1. The molecule has 0 saturated carbocycles. The van der Waals surface area contributed by atoms with Crippen molar-refractivity contribution < 1.29 is 23.8 Å². The van der Waals surface area contributed by atoms with Gasteiger partial charge in [0.05, 0.1) is 11.8 Å². The Morgan fingerprint density at radius 2 is 2.20 bits per heavy atom. The summed E-state index contributed by atoms with van der Waals surface area (Å²) in [7, 11) is 0. The molecule has 0 amide bonds. The molecule has 25 heavy (non-hydrogen) atoms. The Morgan fingerprint density at radius 1 is 1.40 bits per heavy atom. The number of ether oxygens (including phenoxy) is 1. The highest BCUT2D eigenvalue weighted by molar-refractivity contribution is 5.99. The van der Waals surface area contributed by atoms with Gasteiger partial charge in [-0.15, -0.1) is 0 Å². The van der Waals surface area contributed by atoms with Crippen LogP contribution in [0.4, 0.5) is 5.69 Å². The van der Waals surface area contributed by atoms with Gasteiger partial charge in [0.25, 0.3) is 0 Å². The van der Waals surface area contributed by atoms with Crippen molar-refractivity contribution in [2.24, 2.45) is 0 Å². The topological polar surface area (TPSA) is 103 Å². The Hall–Kier alpha value is -3.02. The lowest BCUT2D eigenvalue weighted by Crippen LogP contribution is -2.11. The standard InChI is InChI=1S/C19H19NO5/c1-11(19(22)23)8-13-14(20)4-2-6-16(13)24-9-12-10-25-17-7-3-5-15(21)18(12)17/h2,4,6,8,10H,3,5,7,9,20H2,1H3,(H,22,23)/b11-8+. The fourth-order valence-electron chi connectivity index (χ4n) is 2.87. The summed E-state index contributed by atoms with van der Waals surface area (Å²) < 4.78 is 11.3. The number of nitrogens with two attached hydrogens (primary N) is 1. The summed E-state index contributed by atoms with van der Waals surface area (Å²) in [5.74, 6) is 0.217. The van der Waals surface area contributed by atoms with E-state index in [2.05, 4.69) is 0 Å². The first-order valence-corrected chi connectivity index (χ1v) is 8.02. The Balaban J connectivity index is 1.87. The third-order valence-corrected chi connectivity index (χ3v) is 4.21. The SMILES string of the molecule is C/C(=C\c1c(N)cccc1OCc1coc2c1C(=O)CCC2)C(=O)O. The third kappa shape index (κ3) is 3.42. The summed E-state index contributed by atoms with van der Waals surface area (Å²) in [5, 5.41) is 9.07. The van der Waals surface area contributed by atoms with Crippen molar-refractivity contribution >= 4 is 23.5 Å². The number of fused-ring (bicyclic) bond motifs is 1. The number of carboxylic acid groups (broad SMARTS) is 1. The molecule has 130 valence electrons. The fraction of sp³-hybridized carbons (Fsp3) is 0.263. The maximum Gasteiger partial charge on any atom is 0.331 e. The van der Waals surface area contributed by atoms with E-state index in [-0.39, 0.29) is 18.0 Å². The maximum absolute atomic E-state index is 12.1. The smallest absolute Gasteiger partial charge is 0.331 e. The van der Waals surface area contributed by atoms with Gasteiger partial charge >= 0.3 is 5.97 Å². The number of carbonyl (C=O) groups is 2. The van der Waals surface area contributed by atoms with Gasteiger partial charge in [-0.3, -0.25) is 4.79 Å². The highest BCUT2D eigenvalue weighted by atomic mass is 16.5. The van der Waals surface area contributed by atoms with Crippen LogP contribution in [0.1, 0.15) is 47.0 Å². The van der Waals surface area contributed by atoms with Gasteiger partial charge in [-0.05, 0) is 31.6 Å². The number of nitrogen functional groups attached to an aromatic ring is 1. The van der Waals surface area contributed by atoms with E-state index in [1.807, 2.05) is 0 Å². The molecule has 3 rings (SSSR count). The van der Waals surface area contributed by atoms with Crippen LogP contribution in [0, 0.1) is 0 Å². The molecule has 1 aromatic heterocycles. The van der Waals surface area contributed by atoms with Gasteiger partial charge in [-0.25, -0.2) is 4.79 Å². The van der Waals surface area contributed by atoms with E-state index >= 15 is 0 Å². The fourth-order valence-corrected chi connectivity index (χ4v) is 2.87. The van der Waals surface area contributed by atoms with Crippen LogP contribution in [0.25, 0.3) is 6.08 Å².